The second-order valence-electron chi connectivity index (χ2n) is 6.22. The summed E-state index contributed by atoms with van der Waals surface area (Å²) in [6.45, 7) is 0. The van der Waals surface area contributed by atoms with Gasteiger partial charge in [0.25, 0.3) is 11.8 Å². The van der Waals surface area contributed by atoms with Crippen LogP contribution in [-0.2, 0) is 10.3 Å². The Morgan fingerprint density at radius 2 is 1.72 bits per heavy atom. The number of rotatable bonds is 0. The highest BCUT2D eigenvalue weighted by Crippen LogP contribution is 2.46. The summed E-state index contributed by atoms with van der Waals surface area (Å²) in [5.74, 6) is -1.03. The maximum absolute atomic E-state index is 13.2. The summed E-state index contributed by atoms with van der Waals surface area (Å²) in [4.78, 5) is 40.3. The second-order valence-corrected chi connectivity index (χ2v) is 6.22. The van der Waals surface area contributed by atoms with Crippen LogP contribution in [0.3, 0.4) is 0 Å². The van der Waals surface area contributed by atoms with Crippen LogP contribution in [0, 0.1) is 0 Å². The summed E-state index contributed by atoms with van der Waals surface area (Å²) in [6.07, 6.45) is 0. The van der Waals surface area contributed by atoms with Crippen molar-refractivity contribution in [1.29, 1.82) is 0 Å². The van der Waals surface area contributed by atoms with E-state index in [0.717, 1.165) is 0 Å². The number of hydrogen-bond acceptors (Lipinski definition) is 4. The van der Waals surface area contributed by atoms with Crippen molar-refractivity contribution in [3.8, 4) is 0 Å². The molecule has 2 aliphatic rings. The molecule has 6 heteroatoms. The predicted molar refractivity (Wildman–Crippen MR) is 90.6 cm³/mol. The highest BCUT2D eigenvalue weighted by molar-refractivity contribution is 6.16. The Labute approximate surface area is 141 Å². The molecule has 1 N–H and O–H groups in total. The molecule has 3 heterocycles. The van der Waals surface area contributed by atoms with Crippen molar-refractivity contribution < 1.29 is 14.0 Å². The molecule has 5 rings (SSSR count). The molecule has 1 spiro atoms. The zero-order valence-electron chi connectivity index (χ0n) is 13.2. The van der Waals surface area contributed by atoms with Gasteiger partial charge in [-0.1, -0.05) is 30.3 Å². The first-order chi connectivity index (χ1) is 12.1. The molecule has 3 aromatic rings. The van der Waals surface area contributed by atoms with Gasteiger partial charge in [-0.25, -0.2) is 0 Å². The van der Waals surface area contributed by atoms with Gasteiger partial charge in [0, 0.05) is 18.3 Å². The number of anilines is 1. The largest absolute Gasteiger partial charge is 0.450 e. The van der Waals surface area contributed by atoms with E-state index in [9.17, 15) is 14.4 Å². The molecule has 2 aliphatic heterocycles. The topological polar surface area (TPSA) is 79.6 Å². The van der Waals surface area contributed by atoms with Gasteiger partial charge in [0.05, 0.1) is 10.9 Å². The van der Waals surface area contributed by atoms with Crippen molar-refractivity contribution in [3.63, 3.8) is 0 Å². The molecule has 0 saturated heterocycles. The maximum atomic E-state index is 13.2. The van der Waals surface area contributed by atoms with Gasteiger partial charge >= 0.3 is 0 Å². The SMILES string of the molecule is CN1C(=O)[C@@]2(NC(=O)c3oc4ccccc4c(=O)c32)c2ccccc21. The molecule has 0 aliphatic carbocycles. The fourth-order valence-corrected chi connectivity index (χ4v) is 3.85. The summed E-state index contributed by atoms with van der Waals surface area (Å²) in [6, 6.07) is 13.8. The number of para-hydroxylation sites is 2. The number of nitrogens with one attached hydrogen (secondary N) is 1. The zero-order chi connectivity index (χ0) is 17.3. The van der Waals surface area contributed by atoms with Crippen molar-refractivity contribution in [3.05, 3.63) is 75.6 Å². The molecule has 0 saturated carbocycles. The Morgan fingerprint density at radius 1 is 1.00 bits per heavy atom. The van der Waals surface area contributed by atoms with E-state index >= 15 is 0 Å². The van der Waals surface area contributed by atoms with Crippen LogP contribution in [0.15, 0.2) is 57.7 Å². The van der Waals surface area contributed by atoms with Crippen LogP contribution >= 0.6 is 0 Å². The van der Waals surface area contributed by atoms with Crippen LogP contribution < -0.4 is 15.6 Å². The van der Waals surface area contributed by atoms with Gasteiger partial charge in [0.15, 0.2) is 11.0 Å². The summed E-state index contributed by atoms with van der Waals surface area (Å²) in [7, 11) is 1.63. The Bertz CT molecular complexity index is 1160. The first-order valence-electron chi connectivity index (χ1n) is 7.82. The number of amides is 2. The van der Waals surface area contributed by atoms with Gasteiger partial charge < -0.3 is 14.6 Å². The first kappa shape index (κ1) is 14.0. The van der Waals surface area contributed by atoms with Gasteiger partial charge in [0.2, 0.25) is 5.76 Å². The van der Waals surface area contributed by atoms with Gasteiger partial charge in [0.1, 0.15) is 5.58 Å². The Hall–Kier alpha value is -3.41. The first-order valence-corrected chi connectivity index (χ1v) is 7.82. The second kappa shape index (κ2) is 4.36. The lowest BCUT2D eigenvalue weighted by molar-refractivity contribution is -0.122. The van der Waals surface area contributed by atoms with Gasteiger partial charge in [-0.15, -0.1) is 0 Å². The summed E-state index contributed by atoms with van der Waals surface area (Å²) < 4.78 is 5.70. The molecule has 122 valence electrons. The van der Waals surface area contributed by atoms with Crippen LogP contribution in [0.1, 0.15) is 21.7 Å². The fraction of sp³-hybridized carbons (Fsp3) is 0.105. The van der Waals surface area contributed by atoms with E-state index in [1.54, 1.807) is 49.5 Å². The Balaban J connectivity index is 1.96. The molecule has 0 unspecified atom stereocenters. The molecule has 0 bridgehead atoms. The van der Waals surface area contributed by atoms with Crippen molar-refractivity contribution in [2.45, 2.75) is 5.54 Å². The smallest absolute Gasteiger partial charge is 0.288 e. The monoisotopic (exact) mass is 332 g/mol. The molecule has 0 fully saturated rings. The minimum Gasteiger partial charge on any atom is -0.450 e. The minimum atomic E-state index is -1.53. The van der Waals surface area contributed by atoms with Crippen molar-refractivity contribution in [2.24, 2.45) is 0 Å². The summed E-state index contributed by atoms with van der Waals surface area (Å²) in [5, 5.41) is 3.07. The molecule has 0 radical (unpaired) electrons. The van der Waals surface area contributed by atoms with E-state index in [1.807, 2.05) is 6.07 Å². The van der Waals surface area contributed by atoms with Crippen LogP contribution in [0.25, 0.3) is 11.0 Å². The number of benzene rings is 2. The van der Waals surface area contributed by atoms with Crippen molar-refractivity contribution >= 4 is 28.5 Å². The molecule has 25 heavy (non-hydrogen) atoms. The van der Waals surface area contributed by atoms with E-state index in [1.165, 1.54) is 4.90 Å². The standard InChI is InChI=1S/C19H12N2O4/c1-21-12-8-4-3-7-11(12)19(18(21)24)14-15(22)10-6-2-5-9-13(10)25-16(14)17(23)20-19/h2-9H,1H3,(H,20,23)/t19-/m1/s1. The third-order valence-electron chi connectivity index (χ3n) is 4.97. The predicted octanol–water partition coefficient (Wildman–Crippen LogP) is 1.76. The molecule has 2 amide bonds. The van der Waals surface area contributed by atoms with E-state index in [-0.39, 0.29) is 22.7 Å². The molecule has 1 aromatic heterocycles. The molecule has 6 nitrogen and oxygen atoms in total. The van der Waals surface area contributed by atoms with Crippen LogP contribution in [0.2, 0.25) is 0 Å². The highest BCUT2D eigenvalue weighted by Gasteiger charge is 2.59. The van der Waals surface area contributed by atoms with E-state index in [4.69, 9.17) is 4.42 Å². The number of carbonyl (C=O) groups excluding carboxylic acids is 2. The van der Waals surface area contributed by atoms with Gasteiger partial charge in [-0.05, 0) is 18.2 Å². The molecule has 2 aromatic carbocycles. The van der Waals surface area contributed by atoms with Crippen LogP contribution in [-0.4, -0.2) is 18.9 Å². The normalized spacial score (nSPS) is 20.9. The average Bonchev–Trinajstić information content (AvgIpc) is 3.04. The quantitative estimate of drug-likeness (QED) is 0.680. The average molecular weight is 332 g/mol. The molecule has 1 atom stereocenters. The van der Waals surface area contributed by atoms with Crippen LogP contribution in [0.4, 0.5) is 5.69 Å². The molecular weight excluding hydrogens is 320 g/mol. The third kappa shape index (κ3) is 1.47. The number of nitrogens with zero attached hydrogens (tertiary/aromatic N) is 1. The van der Waals surface area contributed by atoms with Gasteiger partial charge in [-0.3, -0.25) is 14.4 Å². The van der Waals surface area contributed by atoms with Crippen molar-refractivity contribution in [1.82, 2.24) is 5.32 Å². The lowest BCUT2D eigenvalue weighted by Crippen LogP contribution is -2.50. The fourth-order valence-electron chi connectivity index (χ4n) is 3.85. The summed E-state index contributed by atoms with van der Waals surface area (Å²) in [5.41, 5.74) is -0.259. The lowest BCUT2D eigenvalue weighted by Gasteiger charge is -2.22. The Kier molecular flexibility index (Phi) is 2.44. The number of likely N-dealkylation sites (N-methyl/N-ethyl adjacent to an activating group) is 1. The van der Waals surface area contributed by atoms with Gasteiger partial charge in [-0.2, -0.15) is 0 Å². The van der Waals surface area contributed by atoms with E-state index in [0.29, 0.717) is 22.2 Å². The maximum Gasteiger partial charge on any atom is 0.288 e. The lowest BCUT2D eigenvalue weighted by atomic mass is 9.85. The van der Waals surface area contributed by atoms with E-state index in [2.05, 4.69) is 5.32 Å². The third-order valence-corrected chi connectivity index (χ3v) is 4.97. The van der Waals surface area contributed by atoms with Crippen LogP contribution in [0.5, 0.6) is 0 Å². The highest BCUT2D eigenvalue weighted by atomic mass is 16.3. The van der Waals surface area contributed by atoms with E-state index < -0.39 is 11.4 Å². The number of hydrogen-bond donors (Lipinski definition) is 1. The number of fused-ring (bicyclic) bond motifs is 5. The molecular formula is C19H12N2O4. The Morgan fingerprint density at radius 3 is 2.56 bits per heavy atom. The summed E-state index contributed by atoms with van der Waals surface area (Å²) >= 11 is 0. The number of carbonyl (C=O) groups is 2. The minimum absolute atomic E-state index is 0.0676. The zero-order valence-corrected chi connectivity index (χ0v) is 13.2. The van der Waals surface area contributed by atoms with Crippen molar-refractivity contribution in [2.75, 3.05) is 11.9 Å².